The minimum absolute atomic E-state index is 0.754. The van der Waals surface area contributed by atoms with Gasteiger partial charge < -0.3 is 4.98 Å². The number of pyridine rings is 3. The molecule has 0 atom stereocenters. The van der Waals surface area contributed by atoms with Crippen LogP contribution < -0.4 is 4.98 Å². The van der Waals surface area contributed by atoms with Gasteiger partial charge in [-0.1, -0.05) is 47.2 Å². The first kappa shape index (κ1) is 15.0. The van der Waals surface area contributed by atoms with E-state index in [9.17, 15) is 0 Å². The third-order valence-electron chi connectivity index (χ3n) is 2.68. The van der Waals surface area contributed by atoms with Gasteiger partial charge in [-0.25, -0.2) is 4.98 Å². The summed E-state index contributed by atoms with van der Waals surface area (Å²) in [5.41, 5.74) is 0. The lowest BCUT2D eigenvalue weighted by atomic mass is 10.5. The minimum atomic E-state index is 0.754. The fourth-order valence-corrected chi connectivity index (χ4v) is 4.11. The monoisotopic (exact) mass is 342 g/mol. The van der Waals surface area contributed by atoms with E-state index < -0.39 is 0 Å². The molecule has 0 unspecified atom stereocenters. The molecule has 6 heteroatoms. The van der Waals surface area contributed by atoms with Crippen molar-refractivity contribution < 1.29 is 0 Å². The third kappa shape index (κ3) is 3.85. The van der Waals surface area contributed by atoms with Crippen LogP contribution in [-0.4, -0.2) is 13.9 Å². The molecule has 0 saturated carbocycles. The van der Waals surface area contributed by atoms with Gasteiger partial charge in [-0.2, -0.15) is 6.20 Å². The van der Waals surface area contributed by atoms with Gasteiger partial charge in [-0.15, -0.1) is 10.9 Å². The quantitative estimate of drug-likeness (QED) is 0.488. The Bertz CT molecular complexity index is 905. The van der Waals surface area contributed by atoms with Gasteiger partial charge in [-0.05, 0) is 36.0 Å². The molecule has 3 aromatic heterocycles. The van der Waals surface area contributed by atoms with Crippen LogP contribution in [0.4, 0.5) is 0 Å². The van der Waals surface area contributed by atoms with E-state index in [-0.39, 0.29) is 0 Å². The zero-order valence-corrected chi connectivity index (χ0v) is 13.9. The van der Waals surface area contributed by atoms with Crippen molar-refractivity contribution in [2.45, 2.75) is 5.03 Å². The molecule has 110 valence electrons. The summed E-state index contributed by atoms with van der Waals surface area (Å²) in [6.45, 7) is 0. The van der Waals surface area contributed by atoms with Crippen LogP contribution >= 0.6 is 34.9 Å². The maximum atomic E-state index is 5.44. The summed E-state index contributed by atoms with van der Waals surface area (Å²) in [6.07, 6.45) is 5.54. The highest BCUT2D eigenvalue weighted by molar-refractivity contribution is 8.25. The van der Waals surface area contributed by atoms with E-state index in [1.165, 1.54) is 0 Å². The highest BCUT2D eigenvalue weighted by Gasteiger charge is 2.03. The van der Waals surface area contributed by atoms with Crippen molar-refractivity contribution in [3.05, 3.63) is 82.5 Å². The van der Waals surface area contributed by atoms with Crippen LogP contribution in [0.3, 0.4) is 0 Å². The molecule has 0 bridgehead atoms. The van der Waals surface area contributed by atoms with E-state index in [2.05, 4.69) is 9.97 Å². The SMILES string of the molecule is S=c1ccccn1C(Sc1ccccn1)=S=c1cccc[n-]1. The van der Waals surface area contributed by atoms with Gasteiger partial charge in [0, 0.05) is 12.4 Å². The smallest absolute Gasteiger partial charge is 0.140 e. The van der Waals surface area contributed by atoms with E-state index in [1.54, 1.807) is 35.1 Å². The topological polar surface area (TPSA) is 31.9 Å². The second-order valence-corrected chi connectivity index (χ2v) is 6.91. The lowest BCUT2D eigenvalue weighted by Gasteiger charge is -2.09. The normalized spacial score (nSPS) is 10.2. The predicted molar refractivity (Wildman–Crippen MR) is 96.4 cm³/mol. The maximum Gasteiger partial charge on any atom is 0.140 e. The number of thioether (sulfide) groups is 1. The first-order valence-electron chi connectivity index (χ1n) is 6.56. The second kappa shape index (κ2) is 7.40. The Kier molecular flexibility index (Phi) is 5.05. The van der Waals surface area contributed by atoms with Crippen molar-refractivity contribution >= 4 is 39.2 Å². The van der Waals surface area contributed by atoms with Crippen molar-refractivity contribution in [2.75, 3.05) is 0 Å². The molecule has 3 aromatic rings. The average molecular weight is 342 g/mol. The Morgan fingerprint density at radius 2 is 1.91 bits per heavy atom. The Hall–Kier alpha value is -1.89. The highest BCUT2D eigenvalue weighted by Crippen LogP contribution is 2.19. The van der Waals surface area contributed by atoms with Crippen LogP contribution in [0, 0.1) is 9.28 Å². The summed E-state index contributed by atoms with van der Waals surface area (Å²) in [6, 6.07) is 17.5. The number of hydrogen-bond acceptors (Lipinski definition) is 3. The van der Waals surface area contributed by atoms with Crippen LogP contribution in [0.25, 0.3) is 0 Å². The van der Waals surface area contributed by atoms with Crippen molar-refractivity contribution in [1.29, 1.82) is 0 Å². The maximum absolute atomic E-state index is 5.44. The Morgan fingerprint density at radius 1 is 1.05 bits per heavy atom. The van der Waals surface area contributed by atoms with Crippen molar-refractivity contribution in [3.63, 3.8) is 0 Å². The Morgan fingerprint density at radius 3 is 2.64 bits per heavy atom. The largest absolute Gasteiger partial charge is 0.655 e. The van der Waals surface area contributed by atoms with Gasteiger partial charge in [0.2, 0.25) is 0 Å². The van der Waals surface area contributed by atoms with Gasteiger partial charge in [0.25, 0.3) is 0 Å². The fourth-order valence-electron chi connectivity index (χ4n) is 1.69. The zero-order valence-electron chi connectivity index (χ0n) is 11.5. The highest BCUT2D eigenvalue weighted by atomic mass is 32.2. The average Bonchev–Trinajstić information content (AvgIpc) is 2.57. The Balaban J connectivity index is 2.18. The molecule has 3 nitrogen and oxygen atoms in total. The van der Waals surface area contributed by atoms with E-state index in [4.69, 9.17) is 12.2 Å². The standard InChI is InChI=1S/C16H12N3S3/c20-15-9-3-6-12-19(15)16(21-13-7-1-4-10-17-13)22-14-8-2-5-11-18-14/h1-12H/q-1. The molecule has 3 rings (SSSR count). The first-order valence-corrected chi connectivity index (χ1v) is 8.60. The van der Waals surface area contributed by atoms with E-state index in [1.807, 2.05) is 65.4 Å². The van der Waals surface area contributed by atoms with Crippen LogP contribution in [0.1, 0.15) is 0 Å². The Labute approximate surface area is 141 Å². The van der Waals surface area contributed by atoms with E-state index >= 15 is 0 Å². The minimum Gasteiger partial charge on any atom is -0.655 e. The first-order chi connectivity index (χ1) is 10.8. The van der Waals surface area contributed by atoms with Crippen LogP contribution in [0.2, 0.25) is 0 Å². The molecular weight excluding hydrogens is 330 g/mol. The van der Waals surface area contributed by atoms with Gasteiger partial charge in [0.15, 0.2) is 0 Å². The number of rotatable bonds is 1. The molecule has 0 fully saturated rings. The van der Waals surface area contributed by atoms with Crippen molar-refractivity contribution in [3.8, 4) is 0 Å². The van der Waals surface area contributed by atoms with E-state index in [0.29, 0.717) is 0 Å². The third-order valence-corrected chi connectivity index (χ3v) is 5.16. The van der Waals surface area contributed by atoms with Crippen LogP contribution in [-0.2, 0) is 0 Å². The van der Waals surface area contributed by atoms with Gasteiger partial charge in [-0.3, -0.25) is 4.57 Å². The molecule has 0 saturated heterocycles. The molecule has 0 aromatic carbocycles. The lowest BCUT2D eigenvalue weighted by molar-refractivity contribution is 1.12. The summed E-state index contributed by atoms with van der Waals surface area (Å²) in [5.74, 6) is 0. The van der Waals surface area contributed by atoms with Crippen molar-refractivity contribution in [2.24, 2.45) is 0 Å². The summed E-state index contributed by atoms with van der Waals surface area (Å²) < 4.78 is 4.66. The van der Waals surface area contributed by atoms with Gasteiger partial charge in [0.1, 0.15) is 14.0 Å². The summed E-state index contributed by atoms with van der Waals surface area (Å²) in [7, 11) is 1.58. The zero-order chi connectivity index (χ0) is 15.2. The van der Waals surface area contributed by atoms with E-state index in [0.717, 1.165) is 18.6 Å². The molecule has 0 aliphatic heterocycles. The molecular formula is C16H12N3S3-. The molecule has 22 heavy (non-hydrogen) atoms. The summed E-state index contributed by atoms with van der Waals surface area (Å²) in [5, 5.41) is 0.923. The molecule has 0 aliphatic carbocycles. The van der Waals surface area contributed by atoms with Crippen LogP contribution in [0.5, 0.6) is 0 Å². The lowest BCUT2D eigenvalue weighted by Crippen LogP contribution is -2.06. The molecule has 0 spiro atoms. The molecule has 0 N–H and O–H groups in total. The summed E-state index contributed by atoms with van der Waals surface area (Å²) in [4.78, 5) is 8.75. The molecule has 0 amide bonds. The molecule has 0 radical (unpaired) electrons. The molecule has 3 heterocycles. The number of aromatic nitrogens is 3. The van der Waals surface area contributed by atoms with Crippen molar-refractivity contribution in [1.82, 2.24) is 14.5 Å². The fraction of sp³-hybridized carbons (Fsp3) is 0. The number of hydrogen-bond donors (Lipinski definition) is 0. The second-order valence-electron chi connectivity index (χ2n) is 4.21. The van der Waals surface area contributed by atoms with Crippen LogP contribution in [0.15, 0.2) is 78.2 Å². The molecule has 0 aliphatic rings. The predicted octanol–water partition coefficient (Wildman–Crippen LogP) is 4.26. The summed E-state index contributed by atoms with van der Waals surface area (Å²) >= 11 is 7.01. The van der Waals surface area contributed by atoms with Gasteiger partial charge in [0.05, 0.1) is 0 Å². The number of nitrogens with zero attached hydrogens (tertiary/aromatic N) is 3. The van der Waals surface area contributed by atoms with Gasteiger partial charge >= 0.3 is 0 Å².